The molecule has 1 unspecified atom stereocenters. The first-order valence-electron chi connectivity index (χ1n) is 10.1. The zero-order chi connectivity index (χ0) is 20.1. The monoisotopic (exact) mass is 374 g/mol. The number of allylic oxidation sites excluding steroid dienone is 3. The molecule has 0 saturated carbocycles. The molecule has 0 amide bonds. The van der Waals surface area contributed by atoms with Crippen LogP contribution in [-0.2, 0) is 6.42 Å². The van der Waals surface area contributed by atoms with Crippen LogP contribution >= 0.6 is 0 Å². The molecule has 0 spiro atoms. The van der Waals surface area contributed by atoms with Gasteiger partial charge >= 0.3 is 0 Å². The molecular weight excluding hydrogens is 340 g/mol. The number of phenols is 2. The highest BCUT2D eigenvalue weighted by atomic mass is 16.5. The van der Waals surface area contributed by atoms with Crippen molar-refractivity contribution in [3.05, 3.63) is 46.6 Å². The Labute approximate surface area is 162 Å². The van der Waals surface area contributed by atoms with Gasteiger partial charge in [-0.3, -0.25) is 0 Å². The van der Waals surface area contributed by atoms with E-state index in [4.69, 9.17) is 0 Å². The number of aliphatic hydroxyl groups is 2. The van der Waals surface area contributed by atoms with E-state index in [0.717, 1.165) is 44.1 Å². The minimum atomic E-state index is -1.78. The van der Waals surface area contributed by atoms with E-state index in [0.29, 0.717) is 17.5 Å². The topological polar surface area (TPSA) is 80.9 Å². The standard InChI is InChI=1S/C23H34O4/c1-5-7-8-9-16-13-19(24)21(22(25)20(16)23(26)27)18-12-15(6-2)10-11-17(18)14(3)4/h12-13,17-18,23-27H,3,5-11H2,1-2,4H3/t17-,18?/m0/s1. The largest absolute Gasteiger partial charge is 0.507 e. The van der Waals surface area contributed by atoms with E-state index in [2.05, 4.69) is 26.5 Å². The van der Waals surface area contributed by atoms with Gasteiger partial charge in [0.1, 0.15) is 11.5 Å². The molecule has 1 aliphatic rings. The number of benzene rings is 1. The van der Waals surface area contributed by atoms with Gasteiger partial charge in [0, 0.05) is 11.5 Å². The molecule has 150 valence electrons. The third kappa shape index (κ3) is 4.74. The van der Waals surface area contributed by atoms with Crippen LogP contribution in [0.25, 0.3) is 0 Å². The molecule has 2 rings (SSSR count). The fraction of sp³-hybridized carbons (Fsp3) is 0.565. The SMILES string of the molecule is C=C(C)[C@@H]1CCC(CC)=CC1c1c(O)cc(CCCCC)c(C(O)O)c1O. The molecule has 4 N–H and O–H groups in total. The number of phenolic OH excluding ortho intramolecular Hbond substituents is 2. The van der Waals surface area contributed by atoms with Crippen molar-refractivity contribution in [3.8, 4) is 11.5 Å². The number of aliphatic hydroxyl groups excluding tert-OH is 1. The van der Waals surface area contributed by atoms with Crippen molar-refractivity contribution in [3.63, 3.8) is 0 Å². The maximum absolute atomic E-state index is 10.9. The molecule has 0 aromatic heterocycles. The van der Waals surface area contributed by atoms with E-state index < -0.39 is 6.29 Å². The summed E-state index contributed by atoms with van der Waals surface area (Å²) in [6.45, 7) is 10.3. The van der Waals surface area contributed by atoms with Crippen molar-refractivity contribution >= 4 is 0 Å². The third-order valence-electron chi connectivity index (χ3n) is 5.80. The van der Waals surface area contributed by atoms with E-state index >= 15 is 0 Å². The lowest BCUT2D eigenvalue weighted by molar-refractivity contribution is -0.0446. The zero-order valence-corrected chi connectivity index (χ0v) is 16.8. The summed E-state index contributed by atoms with van der Waals surface area (Å²) in [5.41, 5.74) is 3.39. The lowest BCUT2D eigenvalue weighted by Crippen LogP contribution is -2.18. The first-order chi connectivity index (χ1) is 12.8. The number of unbranched alkanes of at least 4 members (excludes halogenated alkanes) is 2. The molecule has 1 aromatic rings. The number of hydrogen-bond acceptors (Lipinski definition) is 4. The lowest BCUT2D eigenvalue weighted by atomic mass is 9.72. The van der Waals surface area contributed by atoms with Gasteiger partial charge in [0.15, 0.2) is 6.29 Å². The van der Waals surface area contributed by atoms with Crippen LogP contribution in [0.4, 0.5) is 0 Å². The van der Waals surface area contributed by atoms with Crippen molar-refractivity contribution in [2.24, 2.45) is 5.92 Å². The zero-order valence-electron chi connectivity index (χ0n) is 16.8. The second-order valence-electron chi connectivity index (χ2n) is 7.76. The molecule has 2 atom stereocenters. The highest BCUT2D eigenvalue weighted by Gasteiger charge is 2.33. The van der Waals surface area contributed by atoms with Gasteiger partial charge in [0.2, 0.25) is 0 Å². The van der Waals surface area contributed by atoms with Crippen LogP contribution in [-0.4, -0.2) is 20.4 Å². The van der Waals surface area contributed by atoms with E-state index in [1.807, 2.05) is 6.92 Å². The van der Waals surface area contributed by atoms with Gasteiger partial charge in [-0.05, 0) is 56.6 Å². The Balaban J connectivity index is 2.58. The average Bonchev–Trinajstić information content (AvgIpc) is 2.61. The Bertz CT molecular complexity index is 703. The second kappa shape index (κ2) is 9.43. The van der Waals surface area contributed by atoms with Crippen LogP contribution in [0, 0.1) is 5.92 Å². The van der Waals surface area contributed by atoms with Crippen molar-refractivity contribution in [2.45, 2.75) is 77.9 Å². The van der Waals surface area contributed by atoms with Crippen LogP contribution < -0.4 is 0 Å². The summed E-state index contributed by atoms with van der Waals surface area (Å²) >= 11 is 0. The molecule has 0 heterocycles. The average molecular weight is 375 g/mol. The predicted molar refractivity (Wildman–Crippen MR) is 109 cm³/mol. The molecular formula is C23H34O4. The first-order valence-corrected chi connectivity index (χ1v) is 10.1. The molecule has 0 bridgehead atoms. The molecule has 0 aliphatic heterocycles. The summed E-state index contributed by atoms with van der Waals surface area (Å²) in [5, 5.41) is 41.5. The Hall–Kier alpha value is -1.78. The molecule has 4 nitrogen and oxygen atoms in total. The van der Waals surface area contributed by atoms with Crippen LogP contribution in [0.2, 0.25) is 0 Å². The van der Waals surface area contributed by atoms with E-state index in [1.54, 1.807) is 6.07 Å². The Morgan fingerprint density at radius 3 is 2.48 bits per heavy atom. The van der Waals surface area contributed by atoms with Crippen LogP contribution in [0.15, 0.2) is 29.9 Å². The summed E-state index contributed by atoms with van der Waals surface area (Å²) in [7, 11) is 0. The summed E-state index contributed by atoms with van der Waals surface area (Å²) in [4.78, 5) is 0. The third-order valence-corrected chi connectivity index (χ3v) is 5.80. The quantitative estimate of drug-likeness (QED) is 0.286. The maximum Gasteiger partial charge on any atom is 0.182 e. The van der Waals surface area contributed by atoms with Gasteiger partial charge in [-0.1, -0.05) is 50.5 Å². The van der Waals surface area contributed by atoms with E-state index in [9.17, 15) is 20.4 Å². The van der Waals surface area contributed by atoms with Crippen molar-refractivity contribution in [1.82, 2.24) is 0 Å². The fourth-order valence-electron chi connectivity index (χ4n) is 4.23. The summed E-state index contributed by atoms with van der Waals surface area (Å²) in [6.07, 6.45) is 6.66. The van der Waals surface area contributed by atoms with E-state index in [1.165, 1.54) is 5.57 Å². The van der Waals surface area contributed by atoms with Crippen molar-refractivity contribution in [1.29, 1.82) is 0 Å². The molecule has 4 heteroatoms. The van der Waals surface area contributed by atoms with Gasteiger partial charge in [-0.2, -0.15) is 0 Å². The summed E-state index contributed by atoms with van der Waals surface area (Å²) in [5.74, 6) is -0.283. The summed E-state index contributed by atoms with van der Waals surface area (Å²) < 4.78 is 0. The Kier molecular flexibility index (Phi) is 7.51. The highest BCUT2D eigenvalue weighted by Crippen LogP contribution is 2.49. The number of rotatable bonds is 8. The first kappa shape index (κ1) is 21.5. The number of aryl methyl sites for hydroxylation is 1. The molecule has 0 fully saturated rings. The van der Waals surface area contributed by atoms with Gasteiger partial charge in [-0.15, -0.1) is 0 Å². The molecule has 1 aromatic carbocycles. The maximum atomic E-state index is 10.9. The predicted octanol–water partition coefficient (Wildman–Crippen LogP) is 5.22. The van der Waals surface area contributed by atoms with Gasteiger partial charge in [0.25, 0.3) is 0 Å². The van der Waals surface area contributed by atoms with E-state index in [-0.39, 0.29) is 28.9 Å². The summed E-state index contributed by atoms with van der Waals surface area (Å²) in [6, 6.07) is 1.60. The number of hydrogen-bond donors (Lipinski definition) is 4. The van der Waals surface area contributed by atoms with Gasteiger partial charge in [-0.25, -0.2) is 0 Å². The van der Waals surface area contributed by atoms with Crippen molar-refractivity contribution < 1.29 is 20.4 Å². The molecule has 1 aliphatic carbocycles. The molecule has 27 heavy (non-hydrogen) atoms. The van der Waals surface area contributed by atoms with Gasteiger partial charge < -0.3 is 20.4 Å². The van der Waals surface area contributed by atoms with Gasteiger partial charge in [0.05, 0.1) is 5.56 Å². The second-order valence-corrected chi connectivity index (χ2v) is 7.76. The minimum absolute atomic E-state index is 0.0215. The molecule has 0 saturated heterocycles. The fourth-order valence-corrected chi connectivity index (χ4v) is 4.23. The number of aromatic hydroxyl groups is 2. The Morgan fingerprint density at radius 2 is 1.93 bits per heavy atom. The highest BCUT2D eigenvalue weighted by molar-refractivity contribution is 5.57. The van der Waals surface area contributed by atoms with Crippen LogP contribution in [0.5, 0.6) is 11.5 Å². The van der Waals surface area contributed by atoms with Crippen molar-refractivity contribution in [2.75, 3.05) is 0 Å². The minimum Gasteiger partial charge on any atom is -0.507 e. The lowest BCUT2D eigenvalue weighted by Gasteiger charge is -2.33. The molecule has 0 radical (unpaired) electrons. The normalized spacial score (nSPS) is 20.0. The smallest absolute Gasteiger partial charge is 0.182 e. The van der Waals surface area contributed by atoms with Crippen LogP contribution in [0.1, 0.15) is 88.2 Å². The van der Waals surface area contributed by atoms with Crippen LogP contribution in [0.3, 0.4) is 0 Å². The Morgan fingerprint density at radius 1 is 1.22 bits per heavy atom.